The van der Waals surface area contributed by atoms with E-state index in [0.29, 0.717) is 25.3 Å². The Labute approximate surface area is 112 Å². The van der Waals surface area contributed by atoms with Gasteiger partial charge in [-0.2, -0.15) is 0 Å². The van der Waals surface area contributed by atoms with Crippen LogP contribution in [-0.2, 0) is 21.2 Å². The molecule has 0 radical (unpaired) electrons. The lowest BCUT2D eigenvalue weighted by molar-refractivity contribution is -0.129. The molecule has 0 saturated carbocycles. The van der Waals surface area contributed by atoms with E-state index in [1.807, 2.05) is 13.0 Å². The summed E-state index contributed by atoms with van der Waals surface area (Å²) in [5, 5.41) is 5.02. The van der Waals surface area contributed by atoms with Crippen molar-refractivity contribution in [3.63, 3.8) is 0 Å². The molecule has 1 unspecified atom stereocenters. The first kappa shape index (κ1) is 14.1. The zero-order valence-electron chi connectivity index (χ0n) is 10.8. The first-order valence-electron chi connectivity index (χ1n) is 6.17. The van der Waals surface area contributed by atoms with Crippen LogP contribution in [0.1, 0.15) is 17.9 Å². The largest absolute Gasteiger partial charge is 0.466 e. The Hall–Kier alpha value is -1.34. The zero-order valence-corrected chi connectivity index (χ0v) is 11.6. The normalized spacial score (nSPS) is 19.9. The van der Waals surface area contributed by atoms with Gasteiger partial charge in [0.05, 0.1) is 12.2 Å². The molecule has 1 aromatic rings. The number of nitrogens with zero attached hydrogens (tertiary/aromatic N) is 1. The van der Waals surface area contributed by atoms with Gasteiger partial charge in [-0.3, -0.25) is 4.79 Å². The third-order valence-corrected chi connectivity index (χ3v) is 4.16. The van der Waals surface area contributed by atoms with Gasteiger partial charge in [0.2, 0.25) is 15.9 Å². The van der Waals surface area contributed by atoms with E-state index in [9.17, 15) is 13.2 Å². The first-order valence-corrected chi connectivity index (χ1v) is 7.88. The second-order valence-corrected chi connectivity index (χ2v) is 6.67. The Bertz CT molecular complexity index is 564. The van der Waals surface area contributed by atoms with Crippen molar-refractivity contribution in [2.45, 2.75) is 19.8 Å². The third kappa shape index (κ3) is 4.07. The lowest BCUT2D eigenvalue weighted by Gasteiger charge is -2.15. The molecule has 1 atom stereocenters. The molecule has 0 bridgehead atoms. The van der Waals surface area contributed by atoms with Crippen molar-refractivity contribution in [2.24, 2.45) is 11.1 Å². The van der Waals surface area contributed by atoms with E-state index >= 15 is 0 Å². The van der Waals surface area contributed by atoms with Crippen molar-refractivity contribution in [1.29, 1.82) is 0 Å². The fourth-order valence-corrected chi connectivity index (χ4v) is 3.29. The standard InChI is InChI=1S/C12H18N2O4S/c1-9-2-3-11(18-9)6-12(15)14-5-4-10(7-14)8-19(13,16)17/h2-3,10H,4-8H2,1H3,(H2,13,16,17). The lowest BCUT2D eigenvalue weighted by atomic mass is 10.2. The van der Waals surface area contributed by atoms with Gasteiger partial charge in [-0.15, -0.1) is 0 Å². The Morgan fingerprint density at radius 3 is 2.84 bits per heavy atom. The highest BCUT2D eigenvalue weighted by Gasteiger charge is 2.28. The Morgan fingerprint density at radius 2 is 2.26 bits per heavy atom. The number of primary sulfonamides is 1. The van der Waals surface area contributed by atoms with Crippen LogP contribution in [0.2, 0.25) is 0 Å². The van der Waals surface area contributed by atoms with E-state index in [2.05, 4.69) is 0 Å². The second-order valence-electron chi connectivity index (χ2n) is 5.01. The molecule has 1 saturated heterocycles. The number of carbonyl (C=O) groups is 1. The van der Waals surface area contributed by atoms with E-state index < -0.39 is 10.0 Å². The van der Waals surface area contributed by atoms with Crippen molar-refractivity contribution in [2.75, 3.05) is 18.8 Å². The van der Waals surface area contributed by atoms with E-state index in [-0.39, 0.29) is 24.0 Å². The summed E-state index contributed by atoms with van der Waals surface area (Å²) in [4.78, 5) is 13.7. The maximum absolute atomic E-state index is 12.0. The molecule has 0 aromatic carbocycles. The van der Waals surface area contributed by atoms with Gasteiger partial charge < -0.3 is 9.32 Å². The molecule has 19 heavy (non-hydrogen) atoms. The number of hydrogen-bond acceptors (Lipinski definition) is 4. The summed E-state index contributed by atoms with van der Waals surface area (Å²) in [6.45, 7) is 2.86. The molecule has 6 nitrogen and oxygen atoms in total. The molecule has 1 aliphatic heterocycles. The van der Waals surface area contributed by atoms with Crippen LogP contribution < -0.4 is 5.14 Å². The number of nitrogens with two attached hydrogens (primary N) is 1. The van der Waals surface area contributed by atoms with Crippen LogP contribution in [0.15, 0.2) is 16.5 Å². The molecule has 2 N–H and O–H groups in total. The minimum atomic E-state index is -3.47. The number of sulfonamides is 1. The van der Waals surface area contributed by atoms with Gasteiger partial charge in [-0.1, -0.05) is 0 Å². The Balaban J connectivity index is 1.88. The topological polar surface area (TPSA) is 93.6 Å². The Morgan fingerprint density at radius 1 is 1.53 bits per heavy atom. The van der Waals surface area contributed by atoms with Crippen molar-refractivity contribution in [3.05, 3.63) is 23.7 Å². The molecule has 7 heteroatoms. The maximum atomic E-state index is 12.0. The minimum absolute atomic E-state index is 0.0359. The number of aryl methyl sites for hydroxylation is 1. The summed E-state index contributed by atoms with van der Waals surface area (Å²) in [7, 11) is -3.47. The van der Waals surface area contributed by atoms with Crippen LogP contribution in [0.3, 0.4) is 0 Å². The van der Waals surface area contributed by atoms with Gasteiger partial charge in [0.25, 0.3) is 0 Å². The molecule has 1 aromatic heterocycles. The molecule has 0 spiro atoms. The zero-order chi connectivity index (χ0) is 14.0. The molecular formula is C12H18N2O4S. The molecule has 0 aliphatic carbocycles. The lowest BCUT2D eigenvalue weighted by Crippen LogP contribution is -2.31. The van der Waals surface area contributed by atoms with E-state index in [4.69, 9.17) is 9.56 Å². The highest BCUT2D eigenvalue weighted by Crippen LogP contribution is 2.19. The predicted molar refractivity (Wildman–Crippen MR) is 69.8 cm³/mol. The molecule has 2 heterocycles. The van der Waals surface area contributed by atoms with Gasteiger partial charge in [0, 0.05) is 13.1 Å². The van der Waals surface area contributed by atoms with Crippen molar-refractivity contribution in [1.82, 2.24) is 4.90 Å². The van der Waals surface area contributed by atoms with Crippen molar-refractivity contribution in [3.8, 4) is 0 Å². The number of carbonyl (C=O) groups excluding carboxylic acids is 1. The molecule has 1 fully saturated rings. The molecule has 1 aliphatic rings. The fourth-order valence-electron chi connectivity index (χ4n) is 2.36. The third-order valence-electron chi connectivity index (χ3n) is 3.23. The number of hydrogen-bond donors (Lipinski definition) is 1. The highest BCUT2D eigenvalue weighted by atomic mass is 32.2. The van der Waals surface area contributed by atoms with Gasteiger partial charge in [0.1, 0.15) is 11.5 Å². The summed E-state index contributed by atoms with van der Waals surface area (Å²) >= 11 is 0. The van der Waals surface area contributed by atoms with E-state index in [1.54, 1.807) is 11.0 Å². The van der Waals surface area contributed by atoms with Gasteiger partial charge in [-0.05, 0) is 31.4 Å². The van der Waals surface area contributed by atoms with Crippen LogP contribution in [-0.4, -0.2) is 38.1 Å². The second kappa shape index (κ2) is 5.34. The van der Waals surface area contributed by atoms with Crippen molar-refractivity contribution >= 4 is 15.9 Å². The van der Waals surface area contributed by atoms with Crippen molar-refractivity contribution < 1.29 is 17.6 Å². The van der Waals surface area contributed by atoms with Crippen LogP contribution >= 0.6 is 0 Å². The number of rotatable bonds is 4. The maximum Gasteiger partial charge on any atom is 0.230 e. The van der Waals surface area contributed by atoms with E-state index in [1.165, 1.54) is 0 Å². The molecular weight excluding hydrogens is 268 g/mol. The monoisotopic (exact) mass is 286 g/mol. The Kier molecular flexibility index (Phi) is 3.96. The summed E-state index contributed by atoms with van der Waals surface area (Å²) < 4.78 is 27.4. The van der Waals surface area contributed by atoms with Crippen LogP contribution in [0.25, 0.3) is 0 Å². The summed E-state index contributed by atoms with van der Waals surface area (Å²) in [5.41, 5.74) is 0. The SMILES string of the molecule is Cc1ccc(CC(=O)N2CCC(CS(N)(=O)=O)C2)o1. The number of amides is 1. The minimum Gasteiger partial charge on any atom is -0.466 e. The average molecular weight is 286 g/mol. The number of likely N-dealkylation sites (tertiary alicyclic amines) is 1. The van der Waals surface area contributed by atoms with E-state index in [0.717, 1.165) is 5.76 Å². The smallest absolute Gasteiger partial charge is 0.230 e. The molecule has 106 valence electrons. The average Bonchev–Trinajstić information content (AvgIpc) is 2.85. The van der Waals surface area contributed by atoms with Crippen LogP contribution in [0.5, 0.6) is 0 Å². The van der Waals surface area contributed by atoms with Gasteiger partial charge >= 0.3 is 0 Å². The fraction of sp³-hybridized carbons (Fsp3) is 0.583. The quantitative estimate of drug-likeness (QED) is 0.859. The molecule has 2 rings (SSSR count). The summed E-state index contributed by atoms with van der Waals surface area (Å²) in [5.74, 6) is 1.26. The van der Waals surface area contributed by atoms with Gasteiger partial charge in [0.15, 0.2) is 0 Å². The van der Waals surface area contributed by atoms with Gasteiger partial charge in [-0.25, -0.2) is 13.6 Å². The van der Waals surface area contributed by atoms with Crippen LogP contribution in [0.4, 0.5) is 0 Å². The predicted octanol–water partition coefficient (Wildman–Crippen LogP) is 0.268. The highest BCUT2D eigenvalue weighted by molar-refractivity contribution is 7.89. The summed E-state index contributed by atoms with van der Waals surface area (Å²) in [6.07, 6.45) is 0.898. The summed E-state index contributed by atoms with van der Waals surface area (Å²) in [6, 6.07) is 3.60. The van der Waals surface area contributed by atoms with Crippen LogP contribution in [0, 0.1) is 12.8 Å². The molecule has 1 amide bonds. The number of furan rings is 1. The first-order chi connectivity index (χ1) is 8.83.